The SMILES string of the molecule is CNCc1ccc(Cl)cc1Sc1c[nH]c2c(F)cccc12. The molecule has 5 heteroatoms. The third kappa shape index (κ3) is 2.93. The maximum atomic E-state index is 13.7. The van der Waals surface area contributed by atoms with Crippen molar-refractivity contribution in [1.29, 1.82) is 0 Å². The standard InChI is InChI=1S/C16H14ClFN2S/c1-19-8-10-5-6-11(17)7-14(10)21-15-9-20-16-12(15)3-2-4-13(16)18/h2-7,9,19-20H,8H2,1H3. The molecule has 0 spiro atoms. The summed E-state index contributed by atoms with van der Waals surface area (Å²) in [5, 5.41) is 4.73. The molecule has 0 saturated carbocycles. The van der Waals surface area contributed by atoms with Crippen molar-refractivity contribution in [2.45, 2.75) is 16.3 Å². The van der Waals surface area contributed by atoms with E-state index in [-0.39, 0.29) is 5.82 Å². The fourth-order valence-corrected chi connectivity index (χ4v) is 3.58. The van der Waals surface area contributed by atoms with Crippen LogP contribution in [0.4, 0.5) is 4.39 Å². The summed E-state index contributed by atoms with van der Waals surface area (Å²) in [7, 11) is 1.91. The first-order valence-electron chi connectivity index (χ1n) is 6.55. The van der Waals surface area contributed by atoms with Gasteiger partial charge in [0, 0.05) is 32.9 Å². The third-order valence-corrected chi connectivity index (χ3v) is 4.64. The average molecular weight is 321 g/mol. The van der Waals surface area contributed by atoms with Crippen LogP contribution in [-0.2, 0) is 6.54 Å². The Morgan fingerprint density at radius 3 is 2.90 bits per heavy atom. The van der Waals surface area contributed by atoms with Gasteiger partial charge in [-0.3, -0.25) is 0 Å². The molecule has 0 aliphatic carbocycles. The second-order valence-corrected chi connectivity index (χ2v) is 6.22. The minimum atomic E-state index is -0.235. The minimum Gasteiger partial charge on any atom is -0.358 e. The van der Waals surface area contributed by atoms with Gasteiger partial charge in [0.2, 0.25) is 0 Å². The lowest BCUT2D eigenvalue weighted by Crippen LogP contribution is -2.05. The van der Waals surface area contributed by atoms with Gasteiger partial charge in [0.05, 0.1) is 5.52 Å². The van der Waals surface area contributed by atoms with Gasteiger partial charge in [-0.2, -0.15) is 0 Å². The summed E-state index contributed by atoms with van der Waals surface area (Å²) in [5.74, 6) is -0.235. The van der Waals surface area contributed by atoms with Gasteiger partial charge in [0.15, 0.2) is 0 Å². The molecule has 1 heterocycles. The van der Waals surface area contributed by atoms with Crippen molar-refractivity contribution in [3.8, 4) is 0 Å². The molecule has 2 N–H and O–H groups in total. The Morgan fingerprint density at radius 1 is 1.24 bits per heavy atom. The number of rotatable bonds is 4. The van der Waals surface area contributed by atoms with Crippen molar-refractivity contribution >= 4 is 34.3 Å². The molecule has 0 atom stereocenters. The monoisotopic (exact) mass is 320 g/mol. The van der Waals surface area contributed by atoms with Gasteiger partial charge in [-0.1, -0.05) is 41.6 Å². The molecule has 0 radical (unpaired) electrons. The molecule has 1 aromatic heterocycles. The van der Waals surface area contributed by atoms with Gasteiger partial charge in [0.25, 0.3) is 0 Å². The zero-order chi connectivity index (χ0) is 14.8. The molecule has 0 amide bonds. The highest BCUT2D eigenvalue weighted by molar-refractivity contribution is 7.99. The molecule has 0 bridgehead atoms. The number of aromatic amines is 1. The van der Waals surface area contributed by atoms with Crippen LogP contribution < -0.4 is 5.32 Å². The number of aromatic nitrogens is 1. The van der Waals surface area contributed by atoms with Crippen molar-refractivity contribution in [3.05, 3.63) is 59.0 Å². The summed E-state index contributed by atoms with van der Waals surface area (Å²) in [4.78, 5) is 5.06. The van der Waals surface area contributed by atoms with Crippen LogP contribution in [-0.4, -0.2) is 12.0 Å². The topological polar surface area (TPSA) is 27.8 Å². The Morgan fingerprint density at radius 2 is 2.10 bits per heavy atom. The average Bonchev–Trinajstić information content (AvgIpc) is 2.87. The summed E-state index contributed by atoms with van der Waals surface area (Å²) in [6, 6.07) is 10.9. The number of hydrogen-bond donors (Lipinski definition) is 2. The molecule has 3 aromatic rings. The van der Waals surface area contributed by atoms with Crippen molar-refractivity contribution in [2.75, 3.05) is 7.05 Å². The molecule has 0 fully saturated rings. The maximum Gasteiger partial charge on any atom is 0.147 e. The minimum absolute atomic E-state index is 0.235. The second kappa shape index (κ2) is 6.10. The maximum absolute atomic E-state index is 13.7. The van der Waals surface area contributed by atoms with Crippen LogP contribution in [0.2, 0.25) is 5.02 Å². The van der Waals surface area contributed by atoms with Crippen LogP contribution in [0, 0.1) is 5.82 Å². The number of H-pyrrole nitrogens is 1. The molecule has 0 aliphatic rings. The molecule has 2 aromatic carbocycles. The molecular weight excluding hydrogens is 307 g/mol. The van der Waals surface area contributed by atoms with Gasteiger partial charge < -0.3 is 10.3 Å². The zero-order valence-electron chi connectivity index (χ0n) is 11.4. The van der Waals surface area contributed by atoms with Crippen LogP contribution >= 0.6 is 23.4 Å². The lowest BCUT2D eigenvalue weighted by atomic mass is 10.2. The van der Waals surface area contributed by atoms with Gasteiger partial charge >= 0.3 is 0 Å². The number of halogens is 2. The first kappa shape index (κ1) is 14.4. The lowest BCUT2D eigenvalue weighted by molar-refractivity contribution is 0.637. The second-order valence-electron chi connectivity index (χ2n) is 4.70. The van der Waals surface area contributed by atoms with Crippen LogP contribution in [0.5, 0.6) is 0 Å². The Balaban J connectivity index is 2.02. The van der Waals surface area contributed by atoms with Crippen LogP contribution in [0.15, 0.2) is 52.4 Å². The third-order valence-electron chi connectivity index (χ3n) is 3.24. The van der Waals surface area contributed by atoms with Crippen molar-refractivity contribution < 1.29 is 4.39 Å². The van der Waals surface area contributed by atoms with E-state index >= 15 is 0 Å². The number of nitrogens with one attached hydrogen (secondary N) is 2. The highest BCUT2D eigenvalue weighted by Gasteiger charge is 2.11. The molecule has 0 saturated heterocycles. The van der Waals surface area contributed by atoms with E-state index < -0.39 is 0 Å². The largest absolute Gasteiger partial charge is 0.358 e. The van der Waals surface area contributed by atoms with Crippen LogP contribution in [0.25, 0.3) is 10.9 Å². The first-order valence-corrected chi connectivity index (χ1v) is 7.75. The number of hydrogen-bond acceptors (Lipinski definition) is 2. The van der Waals surface area contributed by atoms with Gasteiger partial charge in [-0.25, -0.2) is 4.39 Å². The predicted octanol–water partition coefficient (Wildman–Crippen LogP) is 4.83. The molecule has 0 aliphatic heterocycles. The molecule has 108 valence electrons. The molecular formula is C16H14ClFN2S. The number of para-hydroxylation sites is 1. The fraction of sp³-hybridized carbons (Fsp3) is 0.125. The van der Waals surface area contributed by atoms with Crippen molar-refractivity contribution in [1.82, 2.24) is 10.3 Å². The summed E-state index contributed by atoms with van der Waals surface area (Å²) in [6.07, 6.45) is 1.84. The Labute approximate surface area is 131 Å². The smallest absolute Gasteiger partial charge is 0.147 e. The Kier molecular flexibility index (Phi) is 4.19. The van der Waals surface area contributed by atoms with Gasteiger partial charge in [-0.05, 0) is 30.8 Å². The van der Waals surface area contributed by atoms with E-state index in [9.17, 15) is 4.39 Å². The van der Waals surface area contributed by atoms with E-state index in [0.29, 0.717) is 10.5 Å². The number of fused-ring (bicyclic) bond motifs is 1. The van der Waals surface area contributed by atoms with Crippen LogP contribution in [0.3, 0.4) is 0 Å². The Bertz CT molecular complexity index is 785. The fourth-order valence-electron chi connectivity index (χ4n) is 2.25. The van der Waals surface area contributed by atoms with Crippen molar-refractivity contribution in [3.63, 3.8) is 0 Å². The van der Waals surface area contributed by atoms with E-state index in [1.807, 2.05) is 37.5 Å². The molecule has 2 nitrogen and oxygen atoms in total. The van der Waals surface area contributed by atoms with E-state index in [2.05, 4.69) is 10.3 Å². The summed E-state index contributed by atoms with van der Waals surface area (Å²) >= 11 is 7.69. The summed E-state index contributed by atoms with van der Waals surface area (Å²) in [5.41, 5.74) is 1.70. The van der Waals surface area contributed by atoms with Gasteiger partial charge in [-0.15, -0.1) is 0 Å². The highest BCUT2D eigenvalue weighted by Crippen LogP contribution is 2.37. The van der Waals surface area contributed by atoms with E-state index in [1.54, 1.807) is 17.8 Å². The van der Waals surface area contributed by atoms with E-state index in [0.717, 1.165) is 27.3 Å². The number of benzene rings is 2. The molecule has 21 heavy (non-hydrogen) atoms. The lowest BCUT2D eigenvalue weighted by Gasteiger charge is -2.09. The predicted molar refractivity (Wildman–Crippen MR) is 86.6 cm³/mol. The quantitative estimate of drug-likeness (QED) is 0.720. The summed E-state index contributed by atoms with van der Waals surface area (Å²) < 4.78 is 13.7. The molecule has 0 unspecified atom stereocenters. The van der Waals surface area contributed by atoms with Gasteiger partial charge in [0.1, 0.15) is 5.82 Å². The molecule has 3 rings (SSSR count). The Hall–Kier alpha value is -1.49. The van der Waals surface area contributed by atoms with Crippen molar-refractivity contribution in [2.24, 2.45) is 0 Å². The van der Waals surface area contributed by atoms with Crippen LogP contribution in [0.1, 0.15) is 5.56 Å². The summed E-state index contributed by atoms with van der Waals surface area (Å²) in [6.45, 7) is 0.760. The highest BCUT2D eigenvalue weighted by atomic mass is 35.5. The first-order chi connectivity index (χ1) is 10.2. The zero-order valence-corrected chi connectivity index (χ0v) is 13.0. The van der Waals surface area contributed by atoms with E-state index in [4.69, 9.17) is 11.6 Å². The normalized spacial score (nSPS) is 11.2. The van der Waals surface area contributed by atoms with E-state index in [1.165, 1.54) is 6.07 Å².